The van der Waals surface area contributed by atoms with Crippen molar-refractivity contribution in [3.63, 3.8) is 0 Å². The summed E-state index contributed by atoms with van der Waals surface area (Å²) in [6.45, 7) is 7.99. The zero-order chi connectivity index (χ0) is 15.3. The molecule has 2 rings (SSSR count). The number of likely N-dealkylation sites (tertiary alicyclic amines) is 1. The molecule has 1 unspecified atom stereocenters. The van der Waals surface area contributed by atoms with Crippen LogP contribution in [0.2, 0.25) is 0 Å². The van der Waals surface area contributed by atoms with Crippen LogP contribution in [0.5, 0.6) is 0 Å². The van der Waals surface area contributed by atoms with Gasteiger partial charge in [0.15, 0.2) is 5.96 Å². The van der Waals surface area contributed by atoms with Crippen LogP contribution in [0.25, 0.3) is 0 Å². The van der Waals surface area contributed by atoms with Crippen LogP contribution in [-0.4, -0.2) is 50.6 Å². The topological polar surface area (TPSA) is 39.7 Å². The maximum absolute atomic E-state index is 4.39. The van der Waals surface area contributed by atoms with Crippen LogP contribution in [0.15, 0.2) is 4.99 Å². The first-order chi connectivity index (χ1) is 10.0. The average molecular weight is 294 g/mol. The van der Waals surface area contributed by atoms with E-state index in [0.29, 0.717) is 11.5 Å². The lowest BCUT2D eigenvalue weighted by molar-refractivity contribution is 0.104. The summed E-state index contributed by atoms with van der Waals surface area (Å²) in [5, 5.41) is 7.09. The highest BCUT2D eigenvalue weighted by Gasteiger charge is 2.37. The van der Waals surface area contributed by atoms with Crippen molar-refractivity contribution in [1.29, 1.82) is 0 Å². The van der Waals surface area contributed by atoms with Gasteiger partial charge >= 0.3 is 0 Å². The van der Waals surface area contributed by atoms with E-state index >= 15 is 0 Å². The highest BCUT2D eigenvalue weighted by Crippen LogP contribution is 2.45. The molecule has 122 valence electrons. The molecule has 2 fully saturated rings. The molecule has 0 aromatic rings. The molecule has 21 heavy (non-hydrogen) atoms. The third-order valence-electron chi connectivity index (χ3n) is 5.29. The van der Waals surface area contributed by atoms with Crippen LogP contribution in [0, 0.1) is 11.3 Å². The summed E-state index contributed by atoms with van der Waals surface area (Å²) in [5.41, 5.74) is 0.524. The van der Waals surface area contributed by atoms with Gasteiger partial charge in [0.2, 0.25) is 0 Å². The summed E-state index contributed by atoms with van der Waals surface area (Å²) in [7, 11) is 4.10. The Kier molecular flexibility index (Phi) is 5.91. The van der Waals surface area contributed by atoms with E-state index in [2.05, 4.69) is 41.4 Å². The van der Waals surface area contributed by atoms with E-state index < -0.39 is 0 Å². The zero-order valence-corrected chi connectivity index (χ0v) is 14.4. The molecule has 1 aliphatic heterocycles. The van der Waals surface area contributed by atoms with Crippen molar-refractivity contribution in [2.24, 2.45) is 16.3 Å². The van der Waals surface area contributed by atoms with Gasteiger partial charge < -0.3 is 15.5 Å². The Bertz CT molecular complexity index is 347. The van der Waals surface area contributed by atoms with Gasteiger partial charge in [0.05, 0.1) is 0 Å². The fourth-order valence-corrected chi connectivity index (χ4v) is 3.94. The summed E-state index contributed by atoms with van der Waals surface area (Å²) in [6.07, 6.45) is 8.11. The third kappa shape index (κ3) is 4.60. The minimum Gasteiger partial charge on any atom is -0.356 e. The molecule has 1 aliphatic carbocycles. The standard InChI is InChI=1S/C17H34N4/c1-14(2)11-17(8-6-9-17)13-20-16(18-3)19-12-15-7-5-10-21(15)4/h14-15H,5-13H2,1-4H3,(H2,18,19,20). The Morgan fingerprint density at radius 1 is 1.29 bits per heavy atom. The number of likely N-dealkylation sites (N-methyl/N-ethyl adjacent to an activating group) is 1. The molecule has 1 atom stereocenters. The second-order valence-electron chi connectivity index (χ2n) is 7.53. The Morgan fingerprint density at radius 3 is 2.52 bits per heavy atom. The second kappa shape index (κ2) is 7.48. The summed E-state index contributed by atoms with van der Waals surface area (Å²) in [4.78, 5) is 6.84. The van der Waals surface area contributed by atoms with Gasteiger partial charge in [0, 0.05) is 26.2 Å². The number of aliphatic imine (C=N–C) groups is 1. The first kappa shape index (κ1) is 16.6. The fourth-order valence-electron chi connectivity index (χ4n) is 3.94. The first-order valence-corrected chi connectivity index (χ1v) is 8.69. The lowest BCUT2D eigenvalue weighted by atomic mass is 9.64. The van der Waals surface area contributed by atoms with Crippen molar-refractivity contribution < 1.29 is 0 Å². The number of guanidine groups is 1. The number of nitrogens with zero attached hydrogens (tertiary/aromatic N) is 2. The van der Waals surface area contributed by atoms with Crippen molar-refractivity contribution in [2.75, 3.05) is 33.7 Å². The largest absolute Gasteiger partial charge is 0.356 e. The maximum Gasteiger partial charge on any atom is 0.191 e. The van der Waals surface area contributed by atoms with Gasteiger partial charge in [-0.15, -0.1) is 0 Å². The van der Waals surface area contributed by atoms with Crippen LogP contribution in [0.1, 0.15) is 52.4 Å². The minimum absolute atomic E-state index is 0.524. The van der Waals surface area contributed by atoms with Crippen molar-refractivity contribution in [1.82, 2.24) is 15.5 Å². The molecule has 0 aromatic heterocycles. The summed E-state index contributed by atoms with van der Waals surface area (Å²) in [6, 6.07) is 0.664. The Labute approximate surface area is 130 Å². The van der Waals surface area contributed by atoms with E-state index in [1.54, 1.807) is 0 Å². The van der Waals surface area contributed by atoms with E-state index in [4.69, 9.17) is 0 Å². The lowest BCUT2D eigenvalue weighted by Crippen LogP contribution is -2.49. The van der Waals surface area contributed by atoms with E-state index in [9.17, 15) is 0 Å². The monoisotopic (exact) mass is 294 g/mol. The average Bonchev–Trinajstić information content (AvgIpc) is 2.80. The molecule has 1 saturated heterocycles. The zero-order valence-electron chi connectivity index (χ0n) is 14.4. The number of hydrogen-bond acceptors (Lipinski definition) is 2. The maximum atomic E-state index is 4.39. The van der Waals surface area contributed by atoms with Crippen LogP contribution in [-0.2, 0) is 0 Å². The SMILES string of the molecule is CN=C(NCC1CCCN1C)NCC1(CC(C)C)CCC1. The third-order valence-corrected chi connectivity index (χ3v) is 5.29. The normalized spacial score (nSPS) is 26.0. The smallest absolute Gasteiger partial charge is 0.191 e. The predicted molar refractivity (Wildman–Crippen MR) is 90.8 cm³/mol. The highest BCUT2D eigenvalue weighted by molar-refractivity contribution is 5.79. The Balaban J connectivity index is 1.74. The molecule has 0 spiro atoms. The van der Waals surface area contributed by atoms with E-state index in [0.717, 1.165) is 25.0 Å². The van der Waals surface area contributed by atoms with E-state index in [1.165, 1.54) is 45.1 Å². The molecule has 4 nitrogen and oxygen atoms in total. The molecule has 0 aromatic carbocycles. The summed E-state index contributed by atoms with van der Waals surface area (Å²) < 4.78 is 0. The number of hydrogen-bond donors (Lipinski definition) is 2. The van der Waals surface area contributed by atoms with Crippen LogP contribution in [0.3, 0.4) is 0 Å². The van der Waals surface area contributed by atoms with Crippen LogP contribution < -0.4 is 10.6 Å². The first-order valence-electron chi connectivity index (χ1n) is 8.69. The fraction of sp³-hybridized carbons (Fsp3) is 0.941. The molecule has 0 amide bonds. The van der Waals surface area contributed by atoms with Crippen molar-refractivity contribution in [2.45, 2.75) is 58.4 Å². The lowest BCUT2D eigenvalue weighted by Gasteiger charge is -2.43. The van der Waals surface area contributed by atoms with Crippen LogP contribution >= 0.6 is 0 Å². The summed E-state index contributed by atoms with van der Waals surface area (Å²) >= 11 is 0. The molecular weight excluding hydrogens is 260 g/mol. The van der Waals surface area contributed by atoms with Crippen molar-refractivity contribution >= 4 is 5.96 Å². The molecular formula is C17H34N4. The van der Waals surface area contributed by atoms with Gasteiger partial charge in [-0.25, -0.2) is 0 Å². The highest BCUT2D eigenvalue weighted by atomic mass is 15.2. The number of nitrogens with one attached hydrogen (secondary N) is 2. The molecule has 0 radical (unpaired) electrons. The summed E-state index contributed by atoms with van der Waals surface area (Å²) in [5.74, 6) is 1.76. The van der Waals surface area contributed by atoms with E-state index in [-0.39, 0.29) is 0 Å². The molecule has 2 N–H and O–H groups in total. The Morgan fingerprint density at radius 2 is 2.05 bits per heavy atom. The molecule has 4 heteroatoms. The molecule has 2 aliphatic rings. The van der Waals surface area contributed by atoms with Gasteiger partial charge in [0.1, 0.15) is 0 Å². The molecule has 1 heterocycles. The van der Waals surface area contributed by atoms with Crippen molar-refractivity contribution in [3.05, 3.63) is 0 Å². The second-order valence-corrected chi connectivity index (χ2v) is 7.53. The minimum atomic E-state index is 0.524. The van der Waals surface area contributed by atoms with Crippen LogP contribution in [0.4, 0.5) is 0 Å². The van der Waals surface area contributed by atoms with Crippen molar-refractivity contribution in [3.8, 4) is 0 Å². The Hall–Kier alpha value is -0.770. The quantitative estimate of drug-likeness (QED) is 0.584. The van der Waals surface area contributed by atoms with Gasteiger partial charge in [0.25, 0.3) is 0 Å². The molecule has 0 bridgehead atoms. The van der Waals surface area contributed by atoms with Gasteiger partial charge in [-0.3, -0.25) is 4.99 Å². The van der Waals surface area contributed by atoms with E-state index in [1.807, 2.05) is 7.05 Å². The van der Waals surface area contributed by atoms with Gasteiger partial charge in [-0.05, 0) is 57.0 Å². The number of rotatable bonds is 6. The van der Waals surface area contributed by atoms with Gasteiger partial charge in [-0.1, -0.05) is 20.3 Å². The van der Waals surface area contributed by atoms with Gasteiger partial charge in [-0.2, -0.15) is 0 Å². The molecule has 1 saturated carbocycles. The predicted octanol–water partition coefficient (Wildman–Crippen LogP) is 2.46.